The summed E-state index contributed by atoms with van der Waals surface area (Å²) >= 11 is 0. The summed E-state index contributed by atoms with van der Waals surface area (Å²) in [7, 11) is 0. The number of hydrogen-bond donors (Lipinski definition) is 1. The quantitative estimate of drug-likeness (QED) is 0.461. The summed E-state index contributed by atoms with van der Waals surface area (Å²) in [6.45, 7) is 0.249. The molecule has 0 aliphatic heterocycles. The normalized spacial score (nSPS) is 9.87. The molecule has 0 saturated heterocycles. The van der Waals surface area contributed by atoms with E-state index in [9.17, 15) is 4.79 Å². The van der Waals surface area contributed by atoms with Crippen LogP contribution in [0.4, 0.5) is 0 Å². The van der Waals surface area contributed by atoms with E-state index in [-0.39, 0.29) is 12.1 Å². The van der Waals surface area contributed by atoms with Gasteiger partial charge >= 0.3 is 5.97 Å². The van der Waals surface area contributed by atoms with Crippen molar-refractivity contribution in [1.29, 1.82) is 0 Å². The van der Waals surface area contributed by atoms with Crippen molar-refractivity contribution in [1.82, 2.24) is 4.98 Å². The van der Waals surface area contributed by atoms with Gasteiger partial charge in [-0.3, -0.25) is 4.98 Å². The molecule has 1 rings (SSSR count). The summed E-state index contributed by atoms with van der Waals surface area (Å²) in [6, 6.07) is 3.04. The van der Waals surface area contributed by atoms with E-state index < -0.39 is 5.97 Å². The third kappa shape index (κ3) is 3.50. The van der Waals surface area contributed by atoms with Gasteiger partial charge in [-0.1, -0.05) is 11.2 Å². The molecular formula is C9H8N4O2. The summed E-state index contributed by atoms with van der Waals surface area (Å²) < 4.78 is 0. The van der Waals surface area contributed by atoms with Crippen molar-refractivity contribution < 1.29 is 9.90 Å². The van der Waals surface area contributed by atoms with E-state index >= 15 is 0 Å². The summed E-state index contributed by atoms with van der Waals surface area (Å²) in [5.74, 6) is -1.01. The summed E-state index contributed by atoms with van der Waals surface area (Å²) in [5, 5.41) is 11.9. The van der Waals surface area contributed by atoms with Gasteiger partial charge in [-0.25, -0.2) is 4.79 Å². The fourth-order valence-electron chi connectivity index (χ4n) is 0.888. The van der Waals surface area contributed by atoms with E-state index in [1.54, 1.807) is 18.2 Å². The summed E-state index contributed by atoms with van der Waals surface area (Å²) in [5.41, 5.74) is 8.76. The Kier molecular flexibility index (Phi) is 3.88. The van der Waals surface area contributed by atoms with Crippen LogP contribution in [0, 0.1) is 0 Å². The number of rotatable bonds is 4. The number of nitrogens with zero attached hydrogens (tertiary/aromatic N) is 4. The van der Waals surface area contributed by atoms with Gasteiger partial charge in [-0.15, -0.1) is 0 Å². The molecule has 6 nitrogen and oxygen atoms in total. The average Bonchev–Trinajstić information content (AvgIpc) is 2.25. The van der Waals surface area contributed by atoms with Gasteiger partial charge in [0.1, 0.15) is 0 Å². The molecule has 0 aliphatic rings. The van der Waals surface area contributed by atoms with Crippen LogP contribution in [0.1, 0.15) is 16.1 Å². The molecule has 1 aromatic heterocycles. The van der Waals surface area contributed by atoms with Gasteiger partial charge < -0.3 is 5.11 Å². The van der Waals surface area contributed by atoms with E-state index in [2.05, 4.69) is 15.0 Å². The minimum Gasteiger partial charge on any atom is -0.478 e. The zero-order valence-electron chi connectivity index (χ0n) is 7.74. The molecule has 0 bridgehead atoms. The highest BCUT2D eigenvalue weighted by Crippen LogP contribution is 2.01. The largest absolute Gasteiger partial charge is 0.478 e. The minimum atomic E-state index is -1.01. The first kappa shape index (κ1) is 10.7. The number of hydrogen-bond acceptors (Lipinski definition) is 3. The lowest BCUT2D eigenvalue weighted by molar-refractivity contribution is 0.0696. The maximum Gasteiger partial charge on any atom is 0.337 e. The van der Waals surface area contributed by atoms with Gasteiger partial charge in [-0.2, -0.15) is 0 Å². The van der Waals surface area contributed by atoms with E-state index in [1.165, 1.54) is 12.3 Å². The van der Waals surface area contributed by atoms with Gasteiger partial charge in [0.2, 0.25) is 0 Å². The van der Waals surface area contributed by atoms with Crippen LogP contribution < -0.4 is 0 Å². The number of aromatic carboxylic acids is 1. The van der Waals surface area contributed by atoms with Crippen molar-refractivity contribution in [2.75, 3.05) is 6.54 Å². The van der Waals surface area contributed by atoms with Crippen molar-refractivity contribution in [3.63, 3.8) is 0 Å². The SMILES string of the molecule is [N-]=[N+]=NCC=Cc1ccc(C(=O)O)cn1. The van der Waals surface area contributed by atoms with Gasteiger partial charge in [-0.05, 0) is 23.7 Å². The lowest BCUT2D eigenvalue weighted by Crippen LogP contribution is -1.96. The first-order valence-electron chi connectivity index (χ1n) is 4.11. The Balaban J connectivity index is 2.68. The Morgan fingerprint density at radius 1 is 1.67 bits per heavy atom. The smallest absolute Gasteiger partial charge is 0.337 e. The van der Waals surface area contributed by atoms with Crippen LogP contribution >= 0.6 is 0 Å². The second-order valence-corrected chi connectivity index (χ2v) is 2.59. The first-order chi connectivity index (χ1) is 7.24. The fourth-order valence-corrected chi connectivity index (χ4v) is 0.888. The van der Waals surface area contributed by atoms with Crippen molar-refractivity contribution in [2.24, 2.45) is 5.11 Å². The molecule has 0 atom stereocenters. The lowest BCUT2D eigenvalue weighted by atomic mass is 10.2. The van der Waals surface area contributed by atoms with Crippen LogP contribution in [0.15, 0.2) is 29.5 Å². The number of aromatic nitrogens is 1. The molecule has 6 heteroatoms. The Morgan fingerprint density at radius 2 is 2.47 bits per heavy atom. The molecule has 0 aromatic carbocycles. The summed E-state index contributed by atoms with van der Waals surface area (Å²) in [4.78, 5) is 17.0. The number of pyridine rings is 1. The van der Waals surface area contributed by atoms with Gasteiger partial charge in [0.05, 0.1) is 11.3 Å². The van der Waals surface area contributed by atoms with E-state index in [0.29, 0.717) is 5.69 Å². The Morgan fingerprint density at radius 3 is 3.00 bits per heavy atom. The predicted octanol–water partition coefficient (Wildman–Crippen LogP) is 2.10. The van der Waals surface area contributed by atoms with E-state index in [0.717, 1.165) is 0 Å². The van der Waals surface area contributed by atoms with Gasteiger partial charge in [0, 0.05) is 17.7 Å². The first-order valence-corrected chi connectivity index (χ1v) is 4.11. The van der Waals surface area contributed by atoms with Crippen LogP contribution in [-0.4, -0.2) is 22.6 Å². The molecule has 1 heterocycles. The molecule has 15 heavy (non-hydrogen) atoms. The standard InChI is InChI=1S/C9H8N4O2/c10-13-12-5-1-2-8-4-3-7(6-11-8)9(14)15/h1-4,6H,5H2,(H,14,15). The van der Waals surface area contributed by atoms with Crippen molar-refractivity contribution in [3.8, 4) is 0 Å². The molecular weight excluding hydrogens is 196 g/mol. The monoisotopic (exact) mass is 204 g/mol. The molecule has 0 fully saturated rings. The maximum atomic E-state index is 10.5. The highest BCUT2D eigenvalue weighted by Gasteiger charge is 2.00. The maximum absolute atomic E-state index is 10.5. The number of azide groups is 1. The molecule has 0 amide bonds. The van der Waals surface area contributed by atoms with Crippen molar-refractivity contribution in [2.45, 2.75) is 0 Å². The van der Waals surface area contributed by atoms with Crippen LogP contribution in [0.25, 0.3) is 16.5 Å². The third-order valence-electron chi connectivity index (χ3n) is 1.57. The van der Waals surface area contributed by atoms with E-state index in [1.807, 2.05) is 0 Å². The lowest BCUT2D eigenvalue weighted by Gasteiger charge is -1.94. The topological polar surface area (TPSA) is 99.0 Å². The van der Waals surface area contributed by atoms with Crippen LogP contribution in [-0.2, 0) is 0 Å². The highest BCUT2D eigenvalue weighted by molar-refractivity contribution is 5.87. The van der Waals surface area contributed by atoms with Crippen LogP contribution in [0.3, 0.4) is 0 Å². The molecule has 1 N–H and O–H groups in total. The molecule has 0 saturated carbocycles. The Bertz CT molecular complexity index is 418. The summed E-state index contributed by atoms with van der Waals surface area (Å²) in [6.07, 6.45) is 4.57. The van der Waals surface area contributed by atoms with Gasteiger partial charge in [0.25, 0.3) is 0 Å². The predicted molar refractivity (Wildman–Crippen MR) is 54.2 cm³/mol. The molecule has 0 radical (unpaired) electrons. The van der Waals surface area contributed by atoms with Crippen molar-refractivity contribution in [3.05, 3.63) is 46.1 Å². The second kappa shape index (κ2) is 5.41. The molecule has 1 aromatic rings. The second-order valence-electron chi connectivity index (χ2n) is 2.59. The zero-order chi connectivity index (χ0) is 11.1. The average molecular weight is 204 g/mol. The third-order valence-corrected chi connectivity index (χ3v) is 1.57. The Hall–Kier alpha value is -2.33. The molecule has 0 spiro atoms. The number of carboxylic acids is 1. The van der Waals surface area contributed by atoms with Gasteiger partial charge in [0.15, 0.2) is 0 Å². The molecule has 0 aliphatic carbocycles. The number of carbonyl (C=O) groups is 1. The molecule has 0 unspecified atom stereocenters. The molecule has 76 valence electrons. The minimum absolute atomic E-state index is 0.141. The highest BCUT2D eigenvalue weighted by atomic mass is 16.4. The van der Waals surface area contributed by atoms with Crippen LogP contribution in [0.5, 0.6) is 0 Å². The zero-order valence-corrected chi connectivity index (χ0v) is 7.74. The van der Waals surface area contributed by atoms with E-state index in [4.69, 9.17) is 10.6 Å². The Labute approximate surface area is 85.5 Å². The van der Waals surface area contributed by atoms with Crippen molar-refractivity contribution >= 4 is 12.0 Å². The number of carboxylic acid groups (broad SMARTS) is 1. The van der Waals surface area contributed by atoms with Crippen LogP contribution in [0.2, 0.25) is 0 Å². The fraction of sp³-hybridized carbons (Fsp3) is 0.111.